The molecule has 1 heterocycles. The highest BCUT2D eigenvalue weighted by Gasteiger charge is 2.34. The van der Waals surface area contributed by atoms with Crippen LogP contribution in [0.25, 0.3) is 0 Å². The zero-order valence-electron chi connectivity index (χ0n) is 12.8. The molecule has 1 aromatic rings. The Kier molecular flexibility index (Phi) is 5.11. The van der Waals surface area contributed by atoms with E-state index in [1.165, 1.54) is 12.1 Å². The molecule has 1 fully saturated rings. The topological polar surface area (TPSA) is 32.3 Å². The standard InChI is InChI=1S/C16H21F3N2O/c1-11(9-15(22)21(2)12-7-8-20-10-12)13-5-3-4-6-14(13)16(17,18)19/h3-6,11-12,20H,7-10H2,1-2H3. The number of likely N-dealkylation sites (N-methyl/N-ethyl adjacent to an activating group) is 1. The van der Waals surface area contributed by atoms with Gasteiger partial charge in [0.2, 0.25) is 5.91 Å². The quantitative estimate of drug-likeness (QED) is 0.926. The van der Waals surface area contributed by atoms with E-state index < -0.39 is 17.7 Å². The van der Waals surface area contributed by atoms with Crippen LogP contribution in [0, 0.1) is 0 Å². The second kappa shape index (κ2) is 6.69. The molecule has 1 aliphatic heterocycles. The first kappa shape index (κ1) is 16.8. The molecule has 0 spiro atoms. The van der Waals surface area contributed by atoms with Crippen molar-refractivity contribution in [1.82, 2.24) is 10.2 Å². The number of amides is 1. The average Bonchev–Trinajstić information content (AvgIpc) is 2.99. The summed E-state index contributed by atoms with van der Waals surface area (Å²) in [6.45, 7) is 3.29. The Morgan fingerprint density at radius 1 is 1.41 bits per heavy atom. The summed E-state index contributed by atoms with van der Waals surface area (Å²) in [6.07, 6.45) is -3.43. The highest BCUT2D eigenvalue weighted by Crippen LogP contribution is 2.36. The van der Waals surface area contributed by atoms with Crippen LogP contribution in [-0.4, -0.2) is 37.0 Å². The first-order valence-electron chi connectivity index (χ1n) is 7.43. The van der Waals surface area contributed by atoms with Crippen molar-refractivity contribution in [3.8, 4) is 0 Å². The number of hydrogen-bond acceptors (Lipinski definition) is 2. The van der Waals surface area contributed by atoms with Gasteiger partial charge in [0.15, 0.2) is 0 Å². The summed E-state index contributed by atoms with van der Waals surface area (Å²) in [4.78, 5) is 14.0. The van der Waals surface area contributed by atoms with Crippen molar-refractivity contribution in [1.29, 1.82) is 0 Å². The Morgan fingerprint density at radius 3 is 2.68 bits per heavy atom. The van der Waals surface area contributed by atoms with E-state index in [4.69, 9.17) is 0 Å². The molecule has 122 valence electrons. The molecule has 0 bridgehead atoms. The van der Waals surface area contributed by atoms with Gasteiger partial charge in [0.1, 0.15) is 0 Å². The first-order chi connectivity index (χ1) is 10.3. The summed E-state index contributed by atoms with van der Waals surface area (Å²) >= 11 is 0. The number of benzene rings is 1. The van der Waals surface area contributed by atoms with Crippen molar-refractivity contribution in [2.45, 2.75) is 37.9 Å². The fourth-order valence-corrected chi connectivity index (χ4v) is 2.87. The molecule has 0 saturated carbocycles. The van der Waals surface area contributed by atoms with Crippen LogP contribution in [0.3, 0.4) is 0 Å². The maximum atomic E-state index is 13.0. The minimum absolute atomic E-state index is 0.0834. The number of alkyl halides is 3. The molecule has 3 nitrogen and oxygen atoms in total. The number of carbonyl (C=O) groups is 1. The molecule has 0 aliphatic carbocycles. The predicted molar refractivity (Wildman–Crippen MR) is 78.5 cm³/mol. The molecule has 1 aliphatic rings. The monoisotopic (exact) mass is 314 g/mol. The van der Waals surface area contributed by atoms with Crippen molar-refractivity contribution in [3.05, 3.63) is 35.4 Å². The molecule has 2 atom stereocenters. The lowest BCUT2D eigenvalue weighted by Gasteiger charge is -2.26. The lowest BCUT2D eigenvalue weighted by molar-refractivity contribution is -0.139. The summed E-state index contributed by atoms with van der Waals surface area (Å²) in [5, 5.41) is 3.18. The number of halogens is 3. The average molecular weight is 314 g/mol. The van der Waals surface area contributed by atoms with Crippen molar-refractivity contribution in [2.24, 2.45) is 0 Å². The summed E-state index contributed by atoms with van der Waals surface area (Å²) in [5.74, 6) is -0.583. The van der Waals surface area contributed by atoms with Crippen LogP contribution in [0.1, 0.15) is 36.8 Å². The van der Waals surface area contributed by atoms with Gasteiger partial charge in [-0.25, -0.2) is 0 Å². The van der Waals surface area contributed by atoms with Crippen LogP contribution in [0.5, 0.6) is 0 Å². The Bertz CT molecular complexity index is 524. The molecular formula is C16H21F3N2O. The van der Waals surface area contributed by atoms with Gasteiger partial charge in [0.25, 0.3) is 0 Å². The molecule has 2 rings (SSSR count). The van der Waals surface area contributed by atoms with E-state index in [0.717, 1.165) is 25.6 Å². The number of rotatable bonds is 4. The van der Waals surface area contributed by atoms with Gasteiger partial charge in [-0.3, -0.25) is 4.79 Å². The second-order valence-corrected chi connectivity index (χ2v) is 5.84. The van der Waals surface area contributed by atoms with E-state index in [-0.39, 0.29) is 23.9 Å². The van der Waals surface area contributed by atoms with Crippen LogP contribution in [0.15, 0.2) is 24.3 Å². The third-order valence-corrected chi connectivity index (χ3v) is 4.25. The van der Waals surface area contributed by atoms with E-state index >= 15 is 0 Å². The summed E-state index contributed by atoms with van der Waals surface area (Å²) in [7, 11) is 1.72. The van der Waals surface area contributed by atoms with Crippen LogP contribution < -0.4 is 5.32 Å². The van der Waals surface area contributed by atoms with Gasteiger partial charge in [-0.05, 0) is 30.5 Å². The van der Waals surface area contributed by atoms with Crippen molar-refractivity contribution < 1.29 is 18.0 Å². The molecular weight excluding hydrogens is 293 g/mol. The van der Waals surface area contributed by atoms with Crippen LogP contribution in [0.4, 0.5) is 13.2 Å². The molecule has 0 aromatic heterocycles. The molecule has 1 N–H and O–H groups in total. The smallest absolute Gasteiger partial charge is 0.341 e. The van der Waals surface area contributed by atoms with Gasteiger partial charge in [0.05, 0.1) is 5.56 Å². The largest absolute Gasteiger partial charge is 0.416 e. The predicted octanol–water partition coefficient (Wildman–Crippen LogP) is 3.02. The molecule has 22 heavy (non-hydrogen) atoms. The van der Waals surface area contributed by atoms with E-state index in [2.05, 4.69) is 5.32 Å². The van der Waals surface area contributed by atoms with Crippen molar-refractivity contribution in [2.75, 3.05) is 20.1 Å². The van der Waals surface area contributed by atoms with E-state index in [9.17, 15) is 18.0 Å². The Morgan fingerprint density at radius 2 is 2.09 bits per heavy atom. The van der Waals surface area contributed by atoms with Gasteiger partial charge >= 0.3 is 6.18 Å². The highest BCUT2D eigenvalue weighted by atomic mass is 19.4. The fourth-order valence-electron chi connectivity index (χ4n) is 2.87. The summed E-state index contributed by atoms with van der Waals surface area (Å²) < 4.78 is 39.1. The first-order valence-corrected chi connectivity index (χ1v) is 7.43. The van der Waals surface area contributed by atoms with Gasteiger partial charge in [-0.2, -0.15) is 13.2 Å². The van der Waals surface area contributed by atoms with E-state index in [0.29, 0.717) is 0 Å². The number of carbonyl (C=O) groups excluding carboxylic acids is 1. The molecule has 2 unspecified atom stereocenters. The van der Waals surface area contributed by atoms with Crippen molar-refractivity contribution in [3.63, 3.8) is 0 Å². The summed E-state index contributed by atoms with van der Waals surface area (Å²) in [6, 6.07) is 5.61. The second-order valence-electron chi connectivity index (χ2n) is 5.84. The molecule has 6 heteroatoms. The SMILES string of the molecule is CC(CC(=O)N(C)C1CCNC1)c1ccccc1C(F)(F)F. The zero-order valence-corrected chi connectivity index (χ0v) is 12.8. The third kappa shape index (κ3) is 3.80. The van der Waals surface area contributed by atoms with E-state index in [1.807, 2.05) is 0 Å². The minimum atomic E-state index is -4.39. The Hall–Kier alpha value is -1.56. The van der Waals surface area contributed by atoms with Crippen LogP contribution in [0.2, 0.25) is 0 Å². The minimum Gasteiger partial charge on any atom is -0.341 e. The molecule has 0 radical (unpaired) electrons. The van der Waals surface area contributed by atoms with Crippen LogP contribution >= 0.6 is 0 Å². The molecule has 1 saturated heterocycles. The Labute approximate surface area is 128 Å². The highest BCUT2D eigenvalue weighted by molar-refractivity contribution is 5.77. The van der Waals surface area contributed by atoms with Crippen LogP contribution in [-0.2, 0) is 11.0 Å². The maximum Gasteiger partial charge on any atom is 0.416 e. The lowest BCUT2D eigenvalue weighted by Crippen LogP contribution is -2.38. The molecule has 1 amide bonds. The van der Waals surface area contributed by atoms with Gasteiger partial charge in [0, 0.05) is 26.1 Å². The summed E-state index contributed by atoms with van der Waals surface area (Å²) in [5.41, 5.74) is -0.471. The fraction of sp³-hybridized carbons (Fsp3) is 0.562. The molecule has 1 aromatic carbocycles. The Balaban J connectivity index is 2.09. The maximum absolute atomic E-state index is 13.0. The van der Waals surface area contributed by atoms with Gasteiger partial charge < -0.3 is 10.2 Å². The van der Waals surface area contributed by atoms with Gasteiger partial charge in [-0.1, -0.05) is 25.1 Å². The lowest BCUT2D eigenvalue weighted by atomic mass is 9.92. The van der Waals surface area contributed by atoms with Gasteiger partial charge in [-0.15, -0.1) is 0 Å². The normalized spacial score (nSPS) is 20.0. The number of nitrogens with one attached hydrogen (secondary N) is 1. The number of nitrogens with zero attached hydrogens (tertiary/aromatic N) is 1. The zero-order chi connectivity index (χ0) is 16.3. The number of hydrogen-bond donors (Lipinski definition) is 1. The van der Waals surface area contributed by atoms with E-state index in [1.54, 1.807) is 24.9 Å². The third-order valence-electron chi connectivity index (χ3n) is 4.25. The van der Waals surface area contributed by atoms with Crippen molar-refractivity contribution >= 4 is 5.91 Å².